The first-order valence-electron chi connectivity index (χ1n) is 8.55. The van der Waals surface area contributed by atoms with E-state index in [9.17, 15) is 4.79 Å². The molecule has 1 amide bonds. The standard InChI is InChI=1S/C20H23N3O/c1-23(2)20(24)14-8-9-17-16(12-14)19-15(10-11-21-19)18(22-17)13-6-4-3-5-7-13/h3-9,12,15,18-19,21-22H,10-11H2,1-2H3. The lowest BCUT2D eigenvalue weighted by atomic mass is 9.80. The van der Waals surface area contributed by atoms with Crippen molar-refractivity contribution >= 4 is 11.6 Å². The average molecular weight is 321 g/mol. The molecule has 2 aliphatic rings. The van der Waals surface area contributed by atoms with Gasteiger partial charge in [-0.1, -0.05) is 30.3 Å². The van der Waals surface area contributed by atoms with Crippen molar-refractivity contribution in [2.75, 3.05) is 26.0 Å². The summed E-state index contributed by atoms with van der Waals surface area (Å²) in [5.74, 6) is 0.558. The van der Waals surface area contributed by atoms with Crippen LogP contribution >= 0.6 is 0 Å². The molecule has 0 radical (unpaired) electrons. The topological polar surface area (TPSA) is 44.4 Å². The van der Waals surface area contributed by atoms with Gasteiger partial charge < -0.3 is 15.5 Å². The van der Waals surface area contributed by atoms with Gasteiger partial charge in [0.1, 0.15) is 0 Å². The summed E-state index contributed by atoms with van der Waals surface area (Å²) in [6.45, 7) is 1.02. The number of carbonyl (C=O) groups excluding carboxylic acids is 1. The molecule has 24 heavy (non-hydrogen) atoms. The highest BCUT2D eigenvalue weighted by Crippen LogP contribution is 2.47. The minimum atomic E-state index is 0.0533. The van der Waals surface area contributed by atoms with E-state index in [0.717, 1.165) is 24.2 Å². The summed E-state index contributed by atoms with van der Waals surface area (Å²) in [5, 5.41) is 7.36. The third-order valence-electron chi connectivity index (χ3n) is 5.21. The smallest absolute Gasteiger partial charge is 0.253 e. The molecule has 3 unspecified atom stereocenters. The second kappa shape index (κ2) is 5.95. The third-order valence-corrected chi connectivity index (χ3v) is 5.21. The van der Waals surface area contributed by atoms with Crippen molar-refractivity contribution in [2.45, 2.75) is 18.5 Å². The van der Waals surface area contributed by atoms with E-state index in [1.54, 1.807) is 19.0 Å². The number of anilines is 1. The molecule has 1 fully saturated rings. The summed E-state index contributed by atoms with van der Waals surface area (Å²) in [6, 6.07) is 17.3. The SMILES string of the molecule is CN(C)C(=O)c1ccc2c(c1)C1NCCC1C(c1ccccc1)N2. The Kier molecular flexibility index (Phi) is 3.77. The van der Waals surface area contributed by atoms with Crippen LogP contribution in [0.1, 0.15) is 40.0 Å². The molecule has 2 aromatic carbocycles. The lowest BCUT2D eigenvalue weighted by Gasteiger charge is -2.37. The fourth-order valence-corrected chi connectivity index (χ4v) is 4.03. The summed E-state index contributed by atoms with van der Waals surface area (Å²) in [6.07, 6.45) is 1.14. The van der Waals surface area contributed by atoms with Gasteiger partial charge in [-0.15, -0.1) is 0 Å². The second-order valence-electron chi connectivity index (χ2n) is 6.92. The fourth-order valence-electron chi connectivity index (χ4n) is 4.03. The molecular weight excluding hydrogens is 298 g/mol. The molecular formula is C20H23N3O. The van der Waals surface area contributed by atoms with Crippen molar-refractivity contribution in [3.8, 4) is 0 Å². The predicted octanol–water partition coefficient (Wildman–Crippen LogP) is 3.21. The molecule has 3 atom stereocenters. The molecule has 4 nitrogen and oxygen atoms in total. The Morgan fingerprint density at radius 2 is 1.88 bits per heavy atom. The van der Waals surface area contributed by atoms with E-state index in [4.69, 9.17) is 0 Å². The number of hydrogen-bond donors (Lipinski definition) is 2. The quantitative estimate of drug-likeness (QED) is 0.893. The van der Waals surface area contributed by atoms with Crippen molar-refractivity contribution in [2.24, 2.45) is 5.92 Å². The summed E-state index contributed by atoms with van der Waals surface area (Å²) in [5.41, 5.74) is 4.44. The molecule has 4 rings (SSSR count). The molecule has 2 aliphatic heterocycles. The number of amides is 1. The maximum Gasteiger partial charge on any atom is 0.253 e. The van der Waals surface area contributed by atoms with E-state index < -0.39 is 0 Å². The van der Waals surface area contributed by atoms with Crippen LogP contribution in [-0.4, -0.2) is 31.4 Å². The first kappa shape index (κ1) is 15.2. The molecule has 1 saturated heterocycles. The first-order chi connectivity index (χ1) is 11.6. The minimum absolute atomic E-state index is 0.0533. The first-order valence-corrected chi connectivity index (χ1v) is 8.55. The van der Waals surface area contributed by atoms with Crippen LogP contribution in [-0.2, 0) is 0 Å². The Morgan fingerprint density at radius 1 is 1.08 bits per heavy atom. The van der Waals surface area contributed by atoms with Crippen molar-refractivity contribution in [1.82, 2.24) is 10.2 Å². The van der Waals surface area contributed by atoms with Crippen LogP contribution in [0.15, 0.2) is 48.5 Å². The molecule has 0 aromatic heterocycles. The van der Waals surface area contributed by atoms with Gasteiger partial charge in [0.2, 0.25) is 0 Å². The molecule has 0 aliphatic carbocycles. The van der Waals surface area contributed by atoms with Crippen LogP contribution in [0, 0.1) is 5.92 Å². The number of rotatable bonds is 2. The second-order valence-corrected chi connectivity index (χ2v) is 6.92. The highest BCUT2D eigenvalue weighted by molar-refractivity contribution is 5.94. The van der Waals surface area contributed by atoms with Gasteiger partial charge in [0.25, 0.3) is 5.91 Å². The lowest BCUT2D eigenvalue weighted by Crippen LogP contribution is -2.33. The average Bonchev–Trinajstić information content (AvgIpc) is 3.10. The molecule has 0 bridgehead atoms. The highest BCUT2D eigenvalue weighted by Gasteiger charge is 2.40. The molecule has 2 heterocycles. The molecule has 0 saturated carbocycles. The van der Waals surface area contributed by atoms with Crippen LogP contribution in [0.25, 0.3) is 0 Å². The van der Waals surface area contributed by atoms with Crippen LogP contribution < -0.4 is 10.6 Å². The van der Waals surface area contributed by atoms with Crippen LogP contribution in [0.4, 0.5) is 5.69 Å². The van der Waals surface area contributed by atoms with Crippen LogP contribution in [0.3, 0.4) is 0 Å². The van der Waals surface area contributed by atoms with Crippen molar-refractivity contribution in [3.63, 3.8) is 0 Å². The Morgan fingerprint density at radius 3 is 2.62 bits per heavy atom. The number of benzene rings is 2. The molecule has 2 aromatic rings. The number of carbonyl (C=O) groups is 1. The van der Waals surface area contributed by atoms with Crippen LogP contribution in [0.2, 0.25) is 0 Å². The third kappa shape index (κ3) is 2.47. The maximum absolute atomic E-state index is 12.3. The van der Waals surface area contributed by atoms with E-state index >= 15 is 0 Å². The van der Waals surface area contributed by atoms with E-state index in [0.29, 0.717) is 18.0 Å². The fraction of sp³-hybridized carbons (Fsp3) is 0.350. The minimum Gasteiger partial charge on any atom is -0.378 e. The molecule has 4 heteroatoms. The van der Waals surface area contributed by atoms with Crippen LogP contribution in [0.5, 0.6) is 0 Å². The van der Waals surface area contributed by atoms with E-state index in [-0.39, 0.29) is 5.91 Å². The van der Waals surface area contributed by atoms with Gasteiger partial charge in [-0.3, -0.25) is 4.79 Å². The molecule has 2 N–H and O–H groups in total. The zero-order valence-electron chi connectivity index (χ0n) is 14.1. The zero-order valence-corrected chi connectivity index (χ0v) is 14.1. The molecule has 124 valence electrons. The van der Waals surface area contributed by atoms with Crippen molar-refractivity contribution < 1.29 is 4.79 Å². The normalized spacial score (nSPS) is 24.7. The van der Waals surface area contributed by atoms with Gasteiger partial charge >= 0.3 is 0 Å². The Bertz CT molecular complexity index is 757. The molecule has 0 spiro atoms. The predicted molar refractivity (Wildman–Crippen MR) is 96.1 cm³/mol. The Balaban J connectivity index is 1.74. The number of hydrogen-bond acceptors (Lipinski definition) is 3. The van der Waals surface area contributed by atoms with Gasteiger partial charge in [-0.25, -0.2) is 0 Å². The van der Waals surface area contributed by atoms with E-state index in [2.05, 4.69) is 53.1 Å². The Hall–Kier alpha value is -2.33. The highest BCUT2D eigenvalue weighted by atomic mass is 16.2. The zero-order chi connectivity index (χ0) is 16.7. The van der Waals surface area contributed by atoms with Crippen molar-refractivity contribution in [1.29, 1.82) is 0 Å². The number of nitrogens with one attached hydrogen (secondary N) is 2. The summed E-state index contributed by atoms with van der Waals surface area (Å²) < 4.78 is 0. The number of nitrogens with zero attached hydrogens (tertiary/aromatic N) is 1. The summed E-state index contributed by atoms with van der Waals surface area (Å²) in [7, 11) is 3.59. The van der Waals surface area contributed by atoms with Gasteiger partial charge in [-0.05, 0) is 42.3 Å². The van der Waals surface area contributed by atoms with E-state index in [1.165, 1.54) is 11.1 Å². The largest absolute Gasteiger partial charge is 0.378 e. The van der Waals surface area contributed by atoms with E-state index in [1.807, 2.05) is 6.07 Å². The number of fused-ring (bicyclic) bond motifs is 3. The Labute approximate surface area is 142 Å². The monoisotopic (exact) mass is 321 g/mol. The summed E-state index contributed by atoms with van der Waals surface area (Å²) >= 11 is 0. The summed E-state index contributed by atoms with van der Waals surface area (Å²) in [4.78, 5) is 13.9. The van der Waals surface area contributed by atoms with Gasteiger partial charge in [-0.2, -0.15) is 0 Å². The van der Waals surface area contributed by atoms with Crippen molar-refractivity contribution in [3.05, 3.63) is 65.2 Å². The van der Waals surface area contributed by atoms with Gasteiger partial charge in [0, 0.05) is 37.3 Å². The lowest BCUT2D eigenvalue weighted by molar-refractivity contribution is 0.0827. The van der Waals surface area contributed by atoms with Gasteiger partial charge in [0.05, 0.1) is 6.04 Å². The maximum atomic E-state index is 12.3. The van der Waals surface area contributed by atoms with Gasteiger partial charge in [0.15, 0.2) is 0 Å².